The number of hydrogen-bond acceptors (Lipinski definition) is 5. The van der Waals surface area contributed by atoms with E-state index in [1.165, 1.54) is 7.11 Å². The highest BCUT2D eigenvalue weighted by atomic mass is 16.5. The number of fused-ring (bicyclic) bond motifs is 3. The Labute approximate surface area is 174 Å². The lowest BCUT2D eigenvalue weighted by molar-refractivity contribution is -0.143. The van der Waals surface area contributed by atoms with E-state index in [0.717, 1.165) is 27.7 Å². The number of carbonyl (C=O) groups is 2. The van der Waals surface area contributed by atoms with Crippen molar-refractivity contribution in [3.8, 4) is 0 Å². The molecule has 0 fully saturated rings. The molecule has 4 rings (SSSR count). The number of H-pyrrole nitrogens is 1. The first-order valence-electron chi connectivity index (χ1n) is 9.97. The molecule has 1 amide bonds. The summed E-state index contributed by atoms with van der Waals surface area (Å²) < 4.78 is 10.3. The molecule has 2 heterocycles. The molecule has 7 nitrogen and oxygen atoms in total. The molecule has 1 aliphatic rings. The van der Waals surface area contributed by atoms with Crippen LogP contribution >= 0.6 is 0 Å². The van der Waals surface area contributed by atoms with Gasteiger partial charge >= 0.3 is 12.1 Å². The van der Waals surface area contributed by atoms with Gasteiger partial charge in [0.25, 0.3) is 0 Å². The first kappa shape index (κ1) is 20.0. The Morgan fingerprint density at radius 2 is 1.87 bits per heavy atom. The molecule has 0 radical (unpaired) electrons. The van der Waals surface area contributed by atoms with Gasteiger partial charge in [-0.2, -0.15) is 0 Å². The summed E-state index contributed by atoms with van der Waals surface area (Å²) in [6.07, 6.45) is 0.0132. The molecule has 2 aromatic carbocycles. The first-order chi connectivity index (χ1) is 14.6. The zero-order chi connectivity index (χ0) is 21.1. The van der Waals surface area contributed by atoms with E-state index in [4.69, 9.17) is 9.47 Å². The van der Waals surface area contributed by atoms with Crippen LogP contribution in [0.1, 0.15) is 29.8 Å². The highest BCUT2D eigenvalue weighted by Crippen LogP contribution is 2.33. The average Bonchev–Trinajstić information content (AvgIpc) is 3.15. The van der Waals surface area contributed by atoms with E-state index in [2.05, 4.69) is 15.6 Å². The Balaban J connectivity index is 1.53. The Kier molecular flexibility index (Phi) is 5.72. The number of esters is 1. The fraction of sp³-hybridized carbons (Fsp3) is 0.304. The number of hydrogen-bond donors (Lipinski definition) is 3. The average molecular weight is 407 g/mol. The molecule has 3 atom stereocenters. The predicted molar refractivity (Wildman–Crippen MR) is 113 cm³/mol. The second-order valence-corrected chi connectivity index (χ2v) is 7.48. The molecule has 1 aliphatic heterocycles. The number of aromatic amines is 1. The van der Waals surface area contributed by atoms with Crippen LogP contribution < -0.4 is 10.6 Å². The molecule has 0 aliphatic carbocycles. The van der Waals surface area contributed by atoms with Gasteiger partial charge in [0.05, 0.1) is 19.2 Å². The zero-order valence-electron chi connectivity index (χ0n) is 17.0. The summed E-state index contributed by atoms with van der Waals surface area (Å²) in [5.41, 5.74) is 3.95. The molecule has 3 N–H and O–H groups in total. The van der Waals surface area contributed by atoms with Gasteiger partial charge in [-0.25, -0.2) is 4.79 Å². The number of aromatic nitrogens is 1. The summed E-state index contributed by atoms with van der Waals surface area (Å²) in [5.74, 6) is -0.324. The van der Waals surface area contributed by atoms with Crippen molar-refractivity contribution < 1.29 is 19.1 Å². The van der Waals surface area contributed by atoms with Crippen molar-refractivity contribution in [1.29, 1.82) is 0 Å². The van der Waals surface area contributed by atoms with Crippen LogP contribution in [0.15, 0.2) is 54.6 Å². The van der Waals surface area contributed by atoms with E-state index < -0.39 is 12.1 Å². The third kappa shape index (κ3) is 4.02. The van der Waals surface area contributed by atoms with Crippen LogP contribution in [0.3, 0.4) is 0 Å². The van der Waals surface area contributed by atoms with Crippen molar-refractivity contribution in [2.24, 2.45) is 0 Å². The van der Waals surface area contributed by atoms with Crippen molar-refractivity contribution in [3.63, 3.8) is 0 Å². The summed E-state index contributed by atoms with van der Waals surface area (Å²) in [6.45, 7) is 2.08. The van der Waals surface area contributed by atoms with Crippen LogP contribution in [0, 0.1) is 0 Å². The molecule has 0 bridgehead atoms. The highest BCUT2D eigenvalue weighted by Gasteiger charge is 2.36. The minimum Gasteiger partial charge on any atom is -0.468 e. The number of benzene rings is 2. The number of para-hydroxylation sites is 1. The highest BCUT2D eigenvalue weighted by molar-refractivity contribution is 5.87. The molecular weight excluding hydrogens is 382 g/mol. The molecule has 30 heavy (non-hydrogen) atoms. The quantitative estimate of drug-likeness (QED) is 0.565. The van der Waals surface area contributed by atoms with Crippen molar-refractivity contribution in [1.82, 2.24) is 15.6 Å². The third-order valence-electron chi connectivity index (χ3n) is 5.49. The molecule has 0 saturated carbocycles. The minimum atomic E-state index is -0.508. The van der Waals surface area contributed by atoms with E-state index >= 15 is 0 Å². The summed E-state index contributed by atoms with van der Waals surface area (Å²) >= 11 is 0. The fourth-order valence-electron chi connectivity index (χ4n) is 3.99. The SMILES string of the molecule is COC(=O)[C@@H]1Cc2c([nH]c3ccccc23)[C@@H]([C@H](C)NC(=O)OCc2ccccc2)N1. The van der Waals surface area contributed by atoms with Crippen LogP contribution in [-0.4, -0.2) is 36.2 Å². The lowest BCUT2D eigenvalue weighted by atomic mass is 9.91. The van der Waals surface area contributed by atoms with E-state index in [1.54, 1.807) is 0 Å². The molecule has 1 aromatic heterocycles. The largest absolute Gasteiger partial charge is 0.468 e. The summed E-state index contributed by atoms with van der Waals surface area (Å²) in [7, 11) is 1.38. The minimum absolute atomic E-state index is 0.194. The molecule has 3 aromatic rings. The number of carbonyl (C=O) groups excluding carboxylic acids is 2. The van der Waals surface area contributed by atoms with Gasteiger partial charge in [0.15, 0.2) is 0 Å². The normalized spacial score (nSPS) is 19.0. The molecule has 0 saturated heterocycles. The summed E-state index contributed by atoms with van der Waals surface area (Å²) in [4.78, 5) is 28.1. The van der Waals surface area contributed by atoms with Crippen LogP contribution in [0.25, 0.3) is 10.9 Å². The fourth-order valence-corrected chi connectivity index (χ4v) is 3.99. The second-order valence-electron chi connectivity index (χ2n) is 7.48. The second kappa shape index (κ2) is 8.59. The Morgan fingerprint density at radius 1 is 1.13 bits per heavy atom. The van der Waals surface area contributed by atoms with Crippen molar-refractivity contribution >= 4 is 23.0 Å². The zero-order valence-corrected chi connectivity index (χ0v) is 17.0. The lowest BCUT2D eigenvalue weighted by Gasteiger charge is -2.33. The maximum absolute atomic E-state index is 12.4. The molecular formula is C23H25N3O4. The smallest absolute Gasteiger partial charge is 0.407 e. The number of alkyl carbamates (subject to hydrolysis) is 1. The van der Waals surface area contributed by atoms with Crippen LogP contribution in [0.4, 0.5) is 4.79 Å². The maximum Gasteiger partial charge on any atom is 0.407 e. The number of ether oxygens (including phenoxy) is 2. The van der Waals surface area contributed by atoms with Crippen LogP contribution in [0.2, 0.25) is 0 Å². The summed E-state index contributed by atoms with van der Waals surface area (Å²) in [5, 5.41) is 7.29. The monoisotopic (exact) mass is 407 g/mol. The lowest BCUT2D eigenvalue weighted by Crippen LogP contribution is -2.52. The van der Waals surface area contributed by atoms with Gasteiger partial charge in [0, 0.05) is 23.0 Å². The number of amides is 1. The molecule has 0 unspecified atom stereocenters. The van der Waals surface area contributed by atoms with Gasteiger partial charge in [0.1, 0.15) is 12.6 Å². The van der Waals surface area contributed by atoms with Crippen molar-refractivity contribution in [2.75, 3.05) is 7.11 Å². The van der Waals surface area contributed by atoms with E-state index in [9.17, 15) is 9.59 Å². The van der Waals surface area contributed by atoms with E-state index in [1.807, 2.05) is 61.5 Å². The van der Waals surface area contributed by atoms with Crippen molar-refractivity contribution in [2.45, 2.75) is 38.1 Å². The summed E-state index contributed by atoms with van der Waals surface area (Å²) in [6, 6.07) is 16.4. The van der Waals surface area contributed by atoms with Gasteiger partial charge < -0.3 is 19.8 Å². The van der Waals surface area contributed by atoms with Gasteiger partial charge in [-0.3, -0.25) is 10.1 Å². The van der Waals surface area contributed by atoms with Crippen molar-refractivity contribution in [3.05, 3.63) is 71.4 Å². The molecule has 156 valence electrons. The van der Waals surface area contributed by atoms with Crippen LogP contribution in [0.5, 0.6) is 0 Å². The molecule has 0 spiro atoms. The maximum atomic E-state index is 12.4. The van der Waals surface area contributed by atoms with Gasteiger partial charge in [-0.05, 0) is 24.1 Å². The van der Waals surface area contributed by atoms with E-state index in [-0.39, 0.29) is 24.7 Å². The number of rotatable bonds is 5. The van der Waals surface area contributed by atoms with Crippen LogP contribution in [-0.2, 0) is 27.3 Å². The number of methoxy groups -OCH3 is 1. The Hall–Kier alpha value is -3.32. The van der Waals surface area contributed by atoms with Gasteiger partial charge in [-0.15, -0.1) is 0 Å². The first-order valence-corrected chi connectivity index (χ1v) is 9.97. The van der Waals surface area contributed by atoms with Gasteiger partial charge in [-0.1, -0.05) is 48.5 Å². The predicted octanol–water partition coefficient (Wildman–Crippen LogP) is 3.21. The molecule has 7 heteroatoms. The Morgan fingerprint density at radius 3 is 2.63 bits per heavy atom. The topological polar surface area (TPSA) is 92.5 Å². The van der Waals surface area contributed by atoms with E-state index in [0.29, 0.717) is 6.42 Å². The number of nitrogens with one attached hydrogen (secondary N) is 3. The third-order valence-corrected chi connectivity index (χ3v) is 5.49. The Bertz CT molecular complexity index is 1050. The standard InChI is InChI=1S/C23H25N3O4/c1-14(24-23(28)30-13-15-8-4-3-5-9-15)20-21-17(12-19(26-20)22(27)29-2)16-10-6-7-11-18(16)25-21/h3-11,14,19-20,25-26H,12-13H2,1-2H3,(H,24,28)/t14-,19-,20+/m0/s1. The van der Waals surface area contributed by atoms with Gasteiger partial charge in [0.2, 0.25) is 0 Å².